The van der Waals surface area contributed by atoms with E-state index in [4.69, 9.17) is 5.73 Å². The molecule has 0 bridgehead atoms. The van der Waals surface area contributed by atoms with Gasteiger partial charge >= 0.3 is 0 Å². The summed E-state index contributed by atoms with van der Waals surface area (Å²) in [5.74, 6) is 0.647. The highest BCUT2D eigenvalue weighted by Gasteiger charge is 2.13. The third-order valence-electron chi connectivity index (χ3n) is 3.02. The van der Waals surface area contributed by atoms with E-state index in [2.05, 4.69) is 28.2 Å². The first kappa shape index (κ1) is 10.9. The van der Waals surface area contributed by atoms with Crippen LogP contribution in [0.1, 0.15) is 17.4 Å². The van der Waals surface area contributed by atoms with Gasteiger partial charge in [-0.25, -0.2) is 9.97 Å². The molecule has 2 aromatic carbocycles. The third kappa shape index (κ3) is 1.85. The molecule has 88 valence electrons. The van der Waals surface area contributed by atoms with Crippen LogP contribution in [0.3, 0.4) is 0 Å². The molecule has 0 spiro atoms. The van der Waals surface area contributed by atoms with Gasteiger partial charge in [0.1, 0.15) is 5.82 Å². The van der Waals surface area contributed by atoms with Gasteiger partial charge in [0.15, 0.2) is 0 Å². The SMILES string of the molecule is NC(c1ncccn1)c1cccc2ccccc12. The summed E-state index contributed by atoms with van der Waals surface area (Å²) in [6, 6.07) is 15.8. The molecule has 0 fully saturated rings. The van der Waals surface area contributed by atoms with E-state index in [0.29, 0.717) is 5.82 Å². The maximum absolute atomic E-state index is 6.26. The van der Waals surface area contributed by atoms with Crippen LogP contribution in [-0.4, -0.2) is 9.97 Å². The van der Waals surface area contributed by atoms with E-state index in [9.17, 15) is 0 Å². The molecule has 18 heavy (non-hydrogen) atoms. The van der Waals surface area contributed by atoms with Crippen LogP contribution in [0.5, 0.6) is 0 Å². The number of rotatable bonds is 2. The summed E-state index contributed by atoms with van der Waals surface area (Å²) in [4.78, 5) is 8.45. The van der Waals surface area contributed by atoms with Crippen LogP contribution in [0.25, 0.3) is 10.8 Å². The Balaban J connectivity index is 2.15. The molecule has 3 nitrogen and oxygen atoms in total. The molecule has 0 saturated carbocycles. The molecular formula is C15H13N3. The van der Waals surface area contributed by atoms with E-state index < -0.39 is 0 Å². The van der Waals surface area contributed by atoms with Crippen LogP contribution >= 0.6 is 0 Å². The van der Waals surface area contributed by atoms with Crippen LogP contribution in [0.4, 0.5) is 0 Å². The minimum absolute atomic E-state index is 0.294. The van der Waals surface area contributed by atoms with Gasteiger partial charge in [-0.2, -0.15) is 0 Å². The van der Waals surface area contributed by atoms with Crippen molar-refractivity contribution in [2.45, 2.75) is 6.04 Å². The molecule has 0 aliphatic heterocycles. The number of hydrogen-bond donors (Lipinski definition) is 1. The van der Waals surface area contributed by atoms with Gasteiger partial charge in [0.05, 0.1) is 6.04 Å². The van der Waals surface area contributed by atoms with E-state index >= 15 is 0 Å². The Kier molecular flexibility index (Phi) is 2.74. The zero-order chi connectivity index (χ0) is 12.4. The Morgan fingerprint density at radius 2 is 1.56 bits per heavy atom. The highest BCUT2D eigenvalue weighted by molar-refractivity contribution is 5.86. The van der Waals surface area contributed by atoms with Gasteiger partial charge < -0.3 is 5.73 Å². The average molecular weight is 235 g/mol. The second-order valence-corrected chi connectivity index (χ2v) is 4.15. The number of nitrogens with two attached hydrogens (primary N) is 1. The van der Waals surface area contributed by atoms with Crippen molar-refractivity contribution in [3.63, 3.8) is 0 Å². The Morgan fingerprint density at radius 1 is 0.833 bits per heavy atom. The number of hydrogen-bond acceptors (Lipinski definition) is 3. The Hall–Kier alpha value is -2.26. The van der Waals surface area contributed by atoms with Gasteiger partial charge in [-0.1, -0.05) is 42.5 Å². The summed E-state index contributed by atoms with van der Waals surface area (Å²) in [5, 5.41) is 2.33. The molecule has 2 N–H and O–H groups in total. The first-order valence-corrected chi connectivity index (χ1v) is 5.86. The van der Waals surface area contributed by atoms with Gasteiger partial charge in [0.25, 0.3) is 0 Å². The molecule has 3 aromatic rings. The van der Waals surface area contributed by atoms with Crippen molar-refractivity contribution in [1.82, 2.24) is 9.97 Å². The van der Waals surface area contributed by atoms with Crippen molar-refractivity contribution in [1.29, 1.82) is 0 Å². The van der Waals surface area contributed by atoms with Gasteiger partial charge in [-0.05, 0) is 22.4 Å². The smallest absolute Gasteiger partial charge is 0.149 e. The van der Waals surface area contributed by atoms with Crippen LogP contribution in [0.2, 0.25) is 0 Å². The van der Waals surface area contributed by atoms with Crippen molar-refractivity contribution in [3.8, 4) is 0 Å². The molecule has 1 atom stereocenters. The summed E-state index contributed by atoms with van der Waals surface area (Å²) < 4.78 is 0. The Bertz CT molecular complexity index is 659. The number of benzene rings is 2. The number of nitrogens with zero attached hydrogens (tertiary/aromatic N) is 2. The lowest BCUT2D eigenvalue weighted by Gasteiger charge is -2.13. The molecule has 0 aliphatic carbocycles. The second-order valence-electron chi connectivity index (χ2n) is 4.15. The zero-order valence-corrected chi connectivity index (χ0v) is 9.82. The first-order chi connectivity index (χ1) is 8.86. The molecule has 0 radical (unpaired) electrons. The van der Waals surface area contributed by atoms with Crippen molar-refractivity contribution in [2.75, 3.05) is 0 Å². The van der Waals surface area contributed by atoms with Crippen LogP contribution in [0.15, 0.2) is 60.9 Å². The van der Waals surface area contributed by atoms with E-state index in [1.54, 1.807) is 18.5 Å². The quantitative estimate of drug-likeness (QED) is 0.743. The topological polar surface area (TPSA) is 51.8 Å². The van der Waals surface area contributed by atoms with E-state index in [1.165, 1.54) is 5.39 Å². The Labute approximate surface area is 105 Å². The lowest BCUT2D eigenvalue weighted by Crippen LogP contribution is -2.15. The standard InChI is InChI=1S/C15H13N3/c16-14(15-17-9-4-10-18-15)13-8-3-6-11-5-1-2-7-12(11)13/h1-10,14H,16H2. The van der Waals surface area contributed by atoms with E-state index in [-0.39, 0.29) is 6.04 Å². The fourth-order valence-corrected chi connectivity index (χ4v) is 2.13. The fraction of sp³-hybridized carbons (Fsp3) is 0.0667. The third-order valence-corrected chi connectivity index (χ3v) is 3.02. The highest BCUT2D eigenvalue weighted by atomic mass is 14.9. The van der Waals surface area contributed by atoms with Crippen molar-refractivity contribution >= 4 is 10.8 Å². The summed E-state index contributed by atoms with van der Waals surface area (Å²) in [6.45, 7) is 0. The predicted molar refractivity (Wildman–Crippen MR) is 72.0 cm³/mol. The molecule has 0 aliphatic rings. The Morgan fingerprint density at radius 3 is 2.39 bits per heavy atom. The molecule has 1 unspecified atom stereocenters. The summed E-state index contributed by atoms with van der Waals surface area (Å²) in [6.07, 6.45) is 3.43. The van der Waals surface area contributed by atoms with Gasteiger partial charge in [-0.15, -0.1) is 0 Å². The molecule has 0 saturated heterocycles. The summed E-state index contributed by atoms with van der Waals surface area (Å²) in [7, 11) is 0. The first-order valence-electron chi connectivity index (χ1n) is 5.86. The monoisotopic (exact) mass is 235 g/mol. The molecule has 1 heterocycles. The van der Waals surface area contributed by atoms with Gasteiger partial charge in [0.2, 0.25) is 0 Å². The van der Waals surface area contributed by atoms with Crippen molar-refractivity contribution in [3.05, 3.63) is 72.3 Å². The molecule has 3 rings (SSSR count). The zero-order valence-electron chi connectivity index (χ0n) is 9.82. The lowest BCUT2D eigenvalue weighted by molar-refractivity contribution is 0.786. The van der Waals surface area contributed by atoms with E-state index in [0.717, 1.165) is 10.9 Å². The van der Waals surface area contributed by atoms with Crippen molar-refractivity contribution in [2.24, 2.45) is 5.73 Å². The van der Waals surface area contributed by atoms with Crippen molar-refractivity contribution < 1.29 is 0 Å². The second kappa shape index (κ2) is 4.55. The molecule has 3 heteroatoms. The molecule has 1 aromatic heterocycles. The van der Waals surface area contributed by atoms with Gasteiger partial charge in [0, 0.05) is 12.4 Å². The van der Waals surface area contributed by atoms with Crippen LogP contribution in [0, 0.1) is 0 Å². The van der Waals surface area contributed by atoms with E-state index in [1.807, 2.05) is 24.3 Å². The summed E-state index contributed by atoms with van der Waals surface area (Å²) in [5.41, 5.74) is 7.31. The van der Waals surface area contributed by atoms with Crippen LogP contribution < -0.4 is 5.73 Å². The highest BCUT2D eigenvalue weighted by Crippen LogP contribution is 2.25. The maximum Gasteiger partial charge on any atom is 0.149 e. The minimum atomic E-state index is -0.294. The predicted octanol–water partition coefficient (Wildman–Crippen LogP) is 2.68. The average Bonchev–Trinajstić information content (AvgIpc) is 2.47. The largest absolute Gasteiger partial charge is 0.318 e. The fourth-order valence-electron chi connectivity index (χ4n) is 2.13. The normalized spacial score (nSPS) is 12.5. The lowest BCUT2D eigenvalue weighted by atomic mass is 9.99. The molecule has 0 amide bonds. The maximum atomic E-state index is 6.26. The van der Waals surface area contributed by atoms with Crippen LogP contribution in [-0.2, 0) is 0 Å². The minimum Gasteiger partial charge on any atom is -0.318 e. The summed E-state index contributed by atoms with van der Waals surface area (Å²) >= 11 is 0. The number of fused-ring (bicyclic) bond motifs is 1. The molecular weight excluding hydrogens is 222 g/mol. The van der Waals surface area contributed by atoms with Gasteiger partial charge in [-0.3, -0.25) is 0 Å². The number of aromatic nitrogens is 2.